The van der Waals surface area contributed by atoms with Crippen molar-refractivity contribution >= 4 is 27.6 Å². The first-order valence-corrected chi connectivity index (χ1v) is 10.6. The molecule has 1 unspecified atom stereocenters. The van der Waals surface area contributed by atoms with Crippen molar-refractivity contribution in [3.8, 4) is 0 Å². The number of carboxylic acids is 1. The van der Waals surface area contributed by atoms with Crippen molar-refractivity contribution in [3.05, 3.63) is 59.2 Å². The van der Waals surface area contributed by atoms with E-state index in [-0.39, 0.29) is 22.9 Å². The zero-order valence-electron chi connectivity index (χ0n) is 16.3. The van der Waals surface area contributed by atoms with E-state index in [1.54, 1.807) is 6.07 Å². The van der Waals surface area contributed by atoms with Crippen LogP contribution in [0.25, 0.3) is 0 Å². The molecule has 0 fully saturated rings. The van der Waals surface area contributed by atoms with E-state index >= 15 is 0 Å². The number of sulfonamides is 1. The molecule has 0 spiro atoms. The third-order valence-electron chi connectivity index (χ3n) is 5.03. The quantitative estimate of drug-likeness (QED) is 0.748. The number of carbonyl (C=O) groups is 2. The van der Waals surface area contributed by atoms with Crippen molar-refractivity contribution in [3.63, 3.8) is 0 Å². The van der Waals surface area contributed by atoms with E-state index in [2.05, 4.69) is 0 Å². The number of fused-ring (bicyclic) bond motifs is 1. The average Bonchev–Trinajstić information content (AvgIpc) is 3.11. The zero-order valence-corrected chi connectivity index (χ0v) is 17.1. The van der Waals surface area contributed by atoms with Crippen molar-refractivity contribution in [1.82, 2.24) is 4.31 Å². The summed E-state index contributed by atoms with van der Waals surface area (Å²) in [4.78, 5) is 25.0. The Hall–Kier alpha value is -2.85. The van der Waals surface area contributed by atoms with E-state index in [4.69, 9.17) is 0 Å². The van der Waals surface area contributed by atoms with Gasteiger partial charge in [0.05, 0.1) is 4.90 Å². The van der Waals surface area contributed by atoms with Crippen LogP contribution in [0.2, 0.25) is 0 Å². The molecule has 10 heteroatoms. The number of hydrogen-bond acceptors (Lipinski definition) is 4. The summed E-state index contributed by atoms with van der Waals surface area (Å²) >= 11 is 0. The lowest BCUT2D eigenvalue weighted by molar-refractivity contribution is -0.141. The average molecular weight is 438 g/mol. The van der Waals surface area contributed by atoms with Crippen LogP contribution in [0.3, 0.4) is 0 Å². The van der Waals surface area contributed by atoms with Crippen molar-refractivity contribution < 1.29 is 31.9 Å². The molecule has 3 rings (SSSR count). The highest BCUT2D eigenvalue weighted by Gasteiger charge is 2.37. The van der Waals surface area contributed by atoms with Crippen LogP contribution in [-0.4, -0.2) is 42.8 Å². The van der Waals surface area contributed by atoms with E-state index in [0.717, 1.165) is 17.7 Å². The predicted molar refractivity (Wildman–Crippen MR) is 104 cm³/mol. The van der Waals surface area contributed by atoms with Gasteiger partial charge < -0.3 is 10.0 Å². The maximum Gasteiger partial charge on any atom is 0.326 e. The van der Waals surface area contributed by atoms with Gasteiger partial charge in [0.25, 0.3) is 0 Å². The molecule has 7 nitrogen and oxygen atoms in total. The molecule has 1 aliphatic heterocycles. The lowest BCUT2D eigenvalue weighted by Gasteiger charge is -2.28. The van der Waals surface area contributed by atoms with Crippen LogP contribution in [0.1, 0.15) is 31.0 Å². The van der Waals surface area contributed by atoms with Crippen LogP contribution in [0.4, 0.5) is 14.5 Å². The number of amides is 1. The highest BCUT2D eigenvalue weighted by molar-refractivity contribution is 7.89. The van der Waals surface area contributed by atoms with Gasteiger partial charge in [-0.25, -0.2) is 17.2 Å². The number of halogens is 2. The Bertz CT molecular complexity index is 1120. The van der Waals surface area contributed by atoms with Gasteiger partial charge in [-0.1, -0.05) is 19.1 Å². The number of carboxylic acid groups (broad SMARTS) is 1. The lowest BCUT2D eigenvalue weighted by Crippen LogP contribution is -2.39. The minimum Gasteiger partial charge on any atom is -0.480 e. The van der Waals surface area contributed by atoms with E-state index in [9.17, 15) is 31.9 Å². The summed E-state index contributed by atoms with van der Waals surface area (Å²) in [6, 6.07) is 4.98. The second-order valence-electron chi connectivity index (χ2n) is 6.83. The summed E-state index contributed by atoms with van der Waals surface area (Å²) in [5.74, 6) is -4.21. The lowest BCUT2D eigenvalue weighted by atomic mass is 10.1. The van der Waals surface area contributed by atoms with Crippen LogP contribution >= 0.6 is 0 Å². The molecule has 0 aliphatic carbocycles. The van der Waals surface area contributed by atoms with Gasteiger partial charge >= 0.3 is 5.97 Å². The van der Waals surface area contributed by atoms with Gasteiger partial charge in [-0.2, -0.15) is 4.31 Å². The smallest absolute Gasteiger partial charge is 0.326 e. The van der Waals surface area contributed by atoms with Crippen molar-refractivity contribution in [2.24, 2.45) is 0 Å². The summed E-state index contributed by atoms with van der Waals surface area (Å²) in [7, 11) is -4.34. The molecule has 1 heterocycles. The number of nitrogens with zero attached hydrogens (tertiary/aromatic N) is 2. The zero-order chi connectivity index (χ0) is 22.2. The molecule has 0 radical (unpaired) electrons. The molecule has 0 saturated carbocycles. The van der Waals surface area contributed by atoms with Crippen LogP contribution in [0.15, 0.2) is 41.3 Å². The SMILES string of the molecule is CCN(C(C(=O)O)c1ccc(F)c(F)c1)S(=O)(=O)c1ccc2c(c1)N(C(C)=O)CC2. The van der Waals surface area contributed by atoms with Gasteiger partial charge in [-0.3, -0.25) is 9.59 Å². The number of likely N-dealkylation sites (N-methyl/N-ethyl adjacent to an activating group) is 1. The Kier molecular flexibility index (Phi) is 5.91. The van der Waals surface area contributed by atoms with E-state index in [1.165, 1.54) is 30.9 Å². The van der Waals surface area contributed by atoms with Gasteiger partial charge in [-0.05, 0) is 41.8 Å². The Morgan fingerprint density at radius 3 is 2.43 bits per heavy atom. The summed E-state index contributed by atoms with van der Waals surface area (Å²) in [6.07, 6.45) is 0.583. The fourth-order valence-corrected chi connectivity index (χ4v) is 5.19. The number of aliphatic carboxylic acids is 1. The highest BCUT2D eigenvalue weighted by atomic mass is 32.2. The van der Waals surface area contributed by atoms with Gasteiger partial charge in [0.2, 0.25) is 15.9 Å². The Morgan fingerprint density at radius 1 is 1.17 bits per heavy atom. The van der Waals surface area contributed by atoms with E-state index in [1.807, 2.05) is 0 Å². The monoisotopic (exact) mass is 438 g/mol. The van der Waals surface area contributed by atoms with Gasteiger partial charge in [0.1, 0.15) is 6.04 Å². The Labute approximate surface area is 172 Å². The molecule has 0 aromatic heterocycles. The first-order chi connectivity index (χ1) is 14.1. The summed E-state index contributed by atoms with van der Waals surface area (Å²) in [6.45, 7) is 3.02. The number of anilines is 1. The molecule has 1 aliphatic rings. The van der Waals surface area contributed by atoms with Gasteiger partial charge in [0.15, 0.2) is 11.6 Å². The number of hydrogen-bond donors (Lipinski definition) is 1. The molecule has 0 saturated heterocycles. The maximum atomic E-state index is 13.7. The fraction of sp³-hybridized carbons (Fsp3) is 0.300. The molecule has 1 N–H and O–H groups in total. The number of benzene rings is 2. The molecule has 160 valence electrons. The van der Waals surface area contributed by atoms with Gasteiger partial charge in [0, 0.05) is 25.7 Å². The van der Waals surface area contributed by atoms with E-state index in [0.29, 0.717) is 29.0 Å². The third kappa shape index (κ3) is 3.80. The molecule has 1 amide bonds. The van der Waals surface area contributed by atoms with Crippen LogP contribution < -0.4 is 4.90 Å². The van der Waals surface area contributed by atoms with Gasteiger partial charge in [-0.15, -0.1) is 0 Å². The maximum absolute atomic E-state index is 13.7. The number of rotatable bonds is 6. The molecule has 2 aromatic carbocycles. The normalized spacial score (nSPS) is 14.6. The van der Waals surface area contributed by atoms with E-state index < -0.39 is 33.7 Å². The fourth-order valence-electron chi connectivity index (χ4n) is 3.59. The minimum atomic E-state index is -4.34. The standard InChI is InChI=1S/C20H20F2N2O5S/c1-3-24(19(20(26)27)14-5-7-16(21)17(22)10-14)30(28,29)15-6-4-13-8-9-23(12(2)25)18(13)11-15/h4-7,10-11,19H,3,8-9H2,1-2H3,(H,26,27). The van der Waals surface area contributed by atoms with Crippen molar-refractivity contribution in [1.29, 1.82) is 0 Å². The van der Waals surface area contributed by atoms with Crippen LogP contribution in [0, 0.1) is 11.6 Å². The second kappa shape index (κ2) is 8.11. The molecular weight excluding hydrogens is 418 g/mol. The number of carbonyl (C=O) groups excluding carboxylic acids is 1. The highest BCUT2D eigenvalue weighted by Crippen LogP contribution is 2.34. The molecular formula is C20H20F2N2O5S. The van der Waals surface area contributed by atoms with Crippen LogP contribution in [-0.2, 0) is 26.0 Å². The molecule has 1 atom stereocenters. The summed E-state index contributed by atoms with van der Waals surface area (Å²) in [5, 5.41) is 9.69. The van der Waals surface area contributed by atoms with Crippen LogP contribution in [0.5, 0.6) is 0 Å². The molecule has 30 heavy (non-hydrogen) atoms. The van der Waals surface area contributed by atoms with Crippen molar-refractivity contribution in [2.45, 2.75) is 31.2 Å². The third-order valence-corrected chi connectivity index (χ3v) is 6.97. The first kappa shape index (κ1) is 21.8. The molecule has 2 aromatic rings. The Morgan fingerprint density at radius 2 is 1.87 bits per heavy atom. The molecule has 0 bridgehead atoms. The Balaban J connectivity index is 2.08. The minimum absolute atomic E-state index is 0.190. The summed E-state index contributed by atoms with van der Waals surface area (Å²) in [5.41, 5.74) is 1.06. The van der Waals surface area contributed by atoms with Crippen molar-refractivity contribution in [2.75, 3.05) is 18.0 Å². The topological polar surface area (TPSA) is 95.0 Å². The second-order valence-corrected chi connectivity index (χ2v) is 8.72. The summed E-state index contributed by atoms with van der Waals surface area (Å²) < 4.78 is 54.3. The predicted octanol–water partition coefficient (Wildman–Crippen LogP) is 2.71. The largest absolute Gasteiger partial charge is 0.480 e. The first-order valence-electron chi connectivity index (χ1n) is 9.18.